The third kappa shape index (κ3) is 4.29. The maximum absolute atomic E-state index is 14.5. The summed E-state index contributed by atoms with van der Waals surface area (Å²) in [4.78, 5) is 14.5. The van der Waals surface area contributed by atoms with Gasteiger partial charge in [-0.25, -0.2) is 4.79 Å². The third-order valence-corrected chi connectivity index (χ3v) is 13.5. The van der Waals surface area contributed by atoms with Gasteiger partial charge in [0.2, 0.25) is 0 Å². The van der Waals surface area contributed by atoms with Gasteiger partial charge in [0.25, 0.3) is 0 Å². The molecular formula is C44H48O6. The molecule has 0 spiro atoms. The quantitative estimate of drug-likeness (QED) is 0.132. The van der Waals surface area contributed by atoms with Crippen LogP contribution < -0.4 is 24.6 Å². The molecule has 3 aliphatic rings. The van der Waals surface area contributed by atoms with Crippen LogP contribution >= 0.6 is 0 Å². The Morgan fingerprint density at radius 3 is 1.66 bits per heavy atom. The minimum Gasteiger partial charge on any atom is -0.496 e. The van der Waals surface area contributed by atoms with Gasteiger partial charge in [0.05, 0.1) is 30.4 Å². The molecule has 0 unspecified atom stereocenters. The van der Waals surface area contributed by atoms with Gasteiger partial charge in [0.15, 0.2) is 22.8 Å². The molecule has 5 aromatic rings. The van der Waals surface area contributed by atoms with Crippen molar-refractivity contribution in [3.63, 3.8) is 0 Å². The Labute approximate surface area is 294 Å². The number of fused-ring (bicyclic) bond motifs is 5. The van der Waals surface area contributed by atoms with Gasteiger partial charge in [-0.2, -0.15) is 0 Å². The largest absolute Gasteiger partial charge is 0.496 e. The van der Waals surface area contributed by atoms with Gasteiger partial charge in [-0.05, 0) is 48.6 Å². The van der Waals surface area contributed by atoms with Crippen LogP contribution in [0.2, 0.25) is 0 Å². The van der Waals surface area contributed by atoms with Crippen LogP contribution in [0, 0.1) is 10.8 Å². The fourth-order valence-corrected chi connectivity index (χ4v) is 9.55. The summed E-state index contributed by atoms with van der Waals surface area (Å²) in [5, 5.41) is 1.69. The topological polar surface area (TPSA) is 67.1 Å². The SMILES string of the molecule is COc1c([C@@]2(C)CCCC2(C)C)cc(OC)c2c1oc(=O)c1cc([C@@]3(C)CCCC3(C)C)c3c(c12)OC(c1ccccc1)(c1ccccc1)O3. The fraction of sp³-hybridized carbons (Fsp3) is 0.432. The van der Waals surface area contributed by atoms with Crippen LogP contribution in [0.15, 0.2) is 82.0 Å². The molecule has 50 heavy (non-hydrogen) atoms. The van der Waals surface area contributed by atoms with Gasteiger partial charge in [-0.3, -0.25) is 0 Å². The van der Waals surface area contributed by atoms with Crippen LogP contribution in [-0.2, 0) is 16.6 Å². The molecule has 0 N–H and O–H groups in total. The Balaban J connectivity index is 1.52. The van der Waals surface area contributed by atoms with Crippen LogP contribution in [0.4, 0.5) is 0 Å². The fourth-order valence-electron chi connectivity index (χ4n) is 9.55. The molecule has 6 nitrogen and oxygen atoms in total. The van der Waals surface area contributed by atoms with Crippen LogP contribution in [0.3, 0.4) is 0 Å². The highest BCUT2D eigenvalue weighted by Crippen LogP contribution is 2.63. The summed E-state index contributed by atoms with van der Waals surface area (Å²) in [6.45, 7) is 13.9. The summed E-state index contributed by atoms with van der Waals surface area (Å²) in [6.07, 6.45) is 6.28. The van der Waals surface area contributed by atoms with Gasteiger partial charge in [-0.15, -0.1) is 0 Å². The molecule has 260 valence electrons. The Hall–Kier alpha value is -4.45. The van der Waals surface area contributed by atoms with Crippen molar-refractivity contribution in [3.05, 3.63) is 105 Å². The Kier molecular flexibility index (Phi) is 7.22. The lowest BCUT2D eigenvalue weighted by Crippen LogP contribution is -2.38. The second-order valence-corrected chi connectivity index (χ2v) is 16.5. The predicted molar refractivity (Wildman–Crippen MR) is 198 cm³/mol. The zero-order valence-corrected chi connectivity index (χ0v) is 30.6. The van der Waals surface area contributed by atoms with Gasteiger partial charge in [0, 0.05) is 33.1 Å². The summed E-state index contributed by atoms with van der Waals surface area (Å²) in [6, 6.07) is 24.3. The highest BCUT2D eigenvalue weighted by Gasteiger charge is 2.54. The Morgan fingerprint density at radius 1 is 0.620 bits per heavy atom. The summed E-state index contributed by atoms with van der Waals surface area (Å²) in [5.74, 6) is 1.05. The van der Waals surface area contributed by atoms with E-state index in [9.17, 15) is 4.79 Å². The highest BCUT2D eigenvalue weighted by molar-refractivity contribution is 6.14. The average molecular weight is 673 g/mol. The van der Waals surface area contributed by atoms with E-state index in [1.54, 1.807) is 14.2 Å². The summed E-state index contributed by atoms with van der Waals surface area (Å²) in [5.41, 5.74) is 3.01. The smallest absolute Gasteiger partial charge is 0.344 e. The molecule has 4 aromatic carbocycles. The van der Waals surface area contributed by atoms with E-state index in [2.05, 4.69) is 47.6 Å². The van der Waals surface area contributed by atoms with Crippen molar-refractivity contribution < 1.29 is 23.4 Å². The number of ether oxygens (including phenoxy) is 4. The predicted octanol–water partition coefficient (Wildman–Crippen LogP) is 10.6. The number of methoxy groups -OCH3 is 2. The van der Waals surface area contributed by atoms with Crippen molar-refractivity contribution in [1.29, 1.82) is 0 Å². The van der Waals surface area contributed by atoms with Gasteiger partial charge < -0.3 is 23.4 Å². The lowest BCUT2D eigenvalue weighted by molar-refractivity contribution is -0.0463. The number of rotatable bonds is 6. The molecule has 8 rings (SSSR count). The van der Waals surface area contributed by atoms with E-state index in [1.165, 1.54) is 0 Å². The van der Waals surface area contributed by atoms with Crippen molar-refractivity contribution in [2.75, 3.05) is 14.2 Å². The van der Waals surface area contributed by atoms with Gasteiger partial charge in [-0.1, -0.05) is 115 Å². The third-order valence-electron chi connectivity index (χ3n) is 13.5. The highest BCUT2D eigenvalue weighted by atomic mass is 16.7. The van der Waals surface area contributed by atoms with E-state index in [1.807, 2.05) is 66.7 Å². The maximum Gasteiger partial charge on any atom is 0.344 e. The van der Waals surface area contributed by atoms with E-state index < -0.39 is 11.4 Å². The minimum atomic E-state index is -1.30. The maximum atomic E-state index is 14.5. The molecule has 0 amide bonds. The van der Waals surface area contributed by atoms with Crippen LogP contribution in [0.5, 0.6) is 23.0 Å². The number of hydrogen-bond acceptors (Lipinski definition) is 6. The molecule has 2 atom stereocenters. The molecule has 6 heteroatoms. The number of benzene rings is 4. The van der Waals surface area contributed by atoms with Crippen molar-refractivity contribution in [3.8, 4) is 23.0 Å². The van der Waals surface area contributed by atoms with Gasteiger partial charge >= 0.3 is 11.4 Å². The van der Waals surface area contributed by atoms with E-state index >= 15 is 0 Å². The van der Waals surface area contributed by atoms with E-state index in [-0.39, 0.29) is 21.7 Å². The first-order valence-corrected chi connectivity index (χ1v) is 18.0. The van der Waals surface area contributed by atoms with Crippen LogP contribution in [-0.4, -0.2) is 14.2 Å². The van der Waals surface area contributed by atoms with Crippen LogP contribution in [0.1, 0.15) is 102 Å². The van der Waals surface area contributed by atoms with Crippen molar-refractivity contribution >= 4 is 21.7 Å². The first-order chi connectivity index (χ1) is 23.8. The second-order valence-electron chi connectivity index (χ2n) is 16.5. The first-order valence-electron chi connectivity index (χ1n) is 18.0. The molecular weight excluding hydrogens is 624 g/mol. The minimum absolute atomic E-state index is 0.00227. The molecule has 0 radical (unpaired) electrons. The zero-order valence-electron chi connectivity index (χ0n) is 30.6. The summed E-state index contributed by atoms with van der Waals surface area (Å²) in [7, 11) is 3.34. The Morgan fingerprint density at radius 2 is 1.16 bits per heavy atom. The van der Waals surface area contributed by atoms with Crippen molar-refractivity contribution in [2.45, 2.75) is 96.7 Å². The zero-order chi connectivity index (χ0) is 35.3. The molecule has 1 aliphatic heterocycles. The molecule has 0 saturated heterocycles. The van der Waals surface area contributed by atoms with Gasteiger partial charge in [0.1, 0.15) is 5.75 Å². The lowest BCUT2D eigenvalue weighted by Gasteiger charge is -2.40. The summed E-state index contributed by atoms with van der Waals surface area (Å²) >= 11 is 0. The molecule has 0 bridgehead atoms. The number of hydrogen-bond donors (Lipinski definition) is 0. The van der Waals surface area contributed by atoms with E-state index in [4.69, 9.17) is 23.4 Å². The molecule has 2 heterocycles. The molecule has 2 fully saturated rings. The lowest BCUT2D eigenvalue weighted by atomic mass is 9.64. The molecule has 2 aliphatic carbocycles. The van der Waals surface area contributed by atoms with E-state index in [0.29, 0.717) is 44.7 Å². The molecule has 1 aromatic heterocycles. The van der Waals surface area contributed by atoms with E-state index in [0.717, 1.165) is 60.8 Å². The van der Waals surface area contributed by atoms with Crippen molar-refractivity contribution in [2.24, 2.45) is 10.8 Å². The van der Waals surface area contributed by atoms with Crippen molar-refractivity contribution in [1.82, 2.24) is 0 Å². The summed E-state index contributed by atoms with van der Waals surface area (Å²) < 4.78 is 33.5. The average Bonchev–Trinajstić information content (AvgIpc) is 3.74. The standard InChI is InChI=1S/C44H48O6/c1-40(2)21-15-23-42(40,5)30-25-29-33(38-36(30)49-44(50-38,27-17-11-9-12-18-27)28-19-13-10-14-20-28)34-32(46-7)26-31(35(47-8)37(34)48-39(29)45)43(6)24-16-22-41(43,3)4/h9-14,17-20,25-26H,15-16,21-24H2,1-8H3/t42-,43-/m1/s1. The molecule has 2 saturated carbocycles. The van der Waals surface area contributed by atoms with Crippen LogP contribution in [0.25, 0.3) is 21.7 Å². The monoisotopic (exact) mass is 672 g/mol. The first kappa shape index (κ1) is 32.7. The Bertz CT molecular complexity index is 2160. The normalized spacial score (nSPS) is 24.6. The second kappa shape index (κ2) is 11.0.